The van der Waals surface area contributed by atoms with Gasteiger partial charge >= 0.3 is 6.18 Å². The van der Waals surface area contributed by atoms with Gasteiger partial charge in [-0.25, -0.2) is 4.39 Å². The van der Waals surface area contributed by atoms with Crippen LogP contribution in [-0.2, 0) is 10.9 Å². The van der Waals surface area contributed by atoms with E-state index in [9.17, 15) is 17.6 Å². The van der Waals surface area contributed by atoms with E-state index in [0.717, 1.165) is 12.1 Å². The zero-order valence-electron chi connectivity index (χ0n) is 9.15. The number of rotatable bonds is 1. The molecule has 0 saturated carbocycles. The topological polar surface area (TPSA) is 21.3 Å². The van der Waals surface area contributed by atoms with Crippen LogP contribution in [-0.4, -0.2) is 19.8 Å². The van der Waals surface area contributed by atoms with Crippen LogP contribution in [0.3, 0.4) is 0 Å². The van der Waals surface area contributed by atoms with Crippen molar-refractivity contribution in [1.82, 2.24) is 5.32 Å². The Morgan fingerprint density at radius 3 is 2.61 bits per heavy atom. The van der Waals surface area contributed by atoms with E-state index in [0.29, 0.717) is 13.2 Å². The van der Waals surface area contributed by atoms with Crippen LogP contribution in [0, 0.1) is 5.82 Å². The number of morpholine rings is 1. The Labute approximate surface area is 106 Å². The summed E-state index contributed by atoms with van der Waals surface area (Å²) in [5, 5.41) is 2.46. The third-order valence-electron chi connectivity index (χ3n) is 2.71. The molecule has 1 aromatic carbocycles. The third-order valence-corrected chi connectivity index (χ3v) is 3.00. The molecule has 100 valence electrons. The zero-order chi connectivity index (χ0) is 13.3. The van der Waals surface area contributed by atoms with E-state index in [4.69, 9.17) is 16.3 Å². The Kier molecular flexibility index (Phi) is 3.79. The Morgan fingerprint density at radius 1 is 1.33 bits per heavy atom. The molecule has 1 aromatic rings. The number of benzene rings is 1. The summed E-state index contributed by atoms with van der Waals surface area (Å²) in [6, 6.07) is 0.860. The average molecular weight is 284 g/mol. The quantitative estimate of drug-likeness (QED) is 0.800. The van der Waals surface area contributed by atoms with Gasteiger partial charge in [-0.3, -0.25) is 0 Å². The number of halogens is 5. The van der Waals surface area contributed by atoms with E-state index in [-0.39, 0.29) is 11.6 Å². The van der Waals surface area contributed by atoms with Crippen molar-refractivity contribution in [2.24, 2.45) is 0 Å². The van der Waals surface area contributed by atoms with Crippen molar-refractivity contribution in [3.63, 3.8) is 0 Å². The predicted molar refractivity (Wildman–Crippen MR) is 58.0 cm³/mol. The van der Waals surface area contributed by atoms with Gasteiger partial charge in [0.2, 0.25) is 0 Å². The molecule has 1 aliphatic heterocycles. The molecule has 1 atom stereocenters. The first-order valence-corrected chi connectivity index (χ1v) is 5.65. The van der Waals surface area contributed by atoms with Gasteiger partial charge in [-0.05, 0) is 12.1 Å². The molecule has 1 N–H and O–H groups in total. The molecule has 1 aliphatic rings. The lowest BCUT2D eigenvalue weighted by molar-refractivity contribution is -0.139. The third kappa shape index (κ3) is 2.60. The molecule has 7 heteroatoms. The van der Waals surface area contributed by atoms with Crippen molar-refractivity contribution in [2.45, 2.75) is 12.2 Å². The summed E-state index contributed by atoms with van der Waals surface area (Å²) in [6.45, 7) is 0.744. The molecule has 18 heavy (non-hydrogen) atoms. The van der Waals surface area contributed by atoms with Gasteiger partial charge in [0.05, 0.1) is 29.8 Å². The predicted octanol–water partition coefficient (Wildman–Crippen LogP) is 3.16. The second kappa shape index (κ2) is 5.03. The number of alkyl halides is 3. The largest absolute Gasteiger partial charge is 0.416 e. The van der Waals surface area contributed by atoms with Gasteiger partial charge in [0.15, 0.2) is 0 Å². The van der Waals surface area contributed by atoms with Crippen LogP contribution in [0.15, 0.2) is 12.1 Å². The monoisotopic (exact) mass is 283 g/mol. The molecule has 1 fully saturated rings. The van der Waals surface area contributed by atoms with Crippen LogP contribution in [0.2, 0.25) is 5.02 Å². The van der Waals surface area contributed by atoms with Gasteiger partial charge in [-0.15, -0.1) is 0 Å². The molecule has 0 bridgehead atoms. The fourth-order valence-corrected chi connectivity index (χ4v) is 2.07. The van der Waals surface area contributed by atoms with Crippen LogP contribution in [0.4, 0.5) is 17.6 Å². The molecular formula is C11H10ClF4NO. The first kappa shape index (κ1) is 13.6. The molecule has 1 saturated heterocycles. The molecule has 2 nitrogen and oxygen atoms in total. The number of hydrogen-bond donors (Lipinski definition) is 1. The smallest absolute Gasteiger partial charge is 0.378 e. The first-order chi connectivity index (χ1) is 8.41. The van der Waals surface area contributed by atoms with Gasteiger partial charge in [0.25, 0.3) is 0 Å². The standard InChI is InChI=1S/C11H10ClF4NO/c12-7-2-1-6(11(14,15)16)9(10(7)13)8-5-18-4-3-17-8/h1-2,8,17H,3-5H2/t8-/m0/s1. The van der Waals surface area contributed by atoms with Gasteiger partial charge in [0.1, 0.15) is 5.82 Å². The van der Waals surface area contributed by atoms with Gasteiger partial charge < -0.3 is 10.1 Å². The Balaban J connectivity index is 2.50. The van der Waals surface area contributed by atoms with Crippen molar-refractivity contribution in [1.29, 1.82) is 0 Å². The molecule has 1 heterocycles. The molecule has 0 amide bonds. The van der Waals surface area contributed by atoms with Crippen LogP contribution >= 0.6 is 11.6 Å². The van der Waals surface area contributed by atoms with Crippen molar-refractivity contribution in [2.75, 3.05) is 19.8 Å². The fourth-order valence-electron chi connectivity index (χ4n) is 1.91. The van der Waals surface area contributed by atoms with Crippen molar-refractivity contribution in [3.05, 3.63) is 34.1 Å². The number of hydrogen-bond acceptors (Lipinski definition) is 2. The number of nitrogens with one attached hydrogen (secondary N) is 1. The Morgan fingerprint density at radius 2 is 2.06 bits per heavy atom. The van der Waals surface area contributed by atoms with E-state index in [2.05, 4.69) is 5.32 Å². The lowest BCUT2D eigenvalue weighted by Crippen LogP contribution is -2.36. The minimum atomic E-state index is -4.63. The fraction of sp³-hybridized carbons (Fsp3) is 0.455. The normalized spacial score (nSPS) is 21.1. The van der Waals surface area contributed by atoms with Crippen molar-refractivity contribution in [3.8, 4) is 0 Å². The summed E-state index contributed by atoms with van der Waals surface area (Å²) in [5.41, 5.74) is -1.50. The van der Waals surface area contributed by atoms with Crippen molar-refractivity contribution < 1.29 is 22.3 Å². The summed E-state index contributed by atoms with van der Waals surface area (Å²) < 4.78 is 57.4. The van der Waals surface area contributed by atoms with Crippen molar-refractivity contribution >= 4 is 11.6 Å². The van der Waals surface area contributed by atoms with Gasteiger partial charge in [-0.2, -0.15) is 13.2 Å². The zero-order valence-corrected chi connectivity index (χ0v) is 9.91. The van der Waals surface area contributed by atoms with Crippen LogP contribution in [0.1, 0.15) is 17.2 Å². The molecule has 0 radical (unpaired) electrons. The summed E-state index contributed by atoms with van der Waals surface area (Å²) >= 11 is 5.54. The SMILES string of the molecule is Fc1c(Cl)ccc(C(F)(F)F)c1[C@@H]1COCCN1. The highest BCUT2D eigenvalue weighted by Crippen LogP contribution is 2.38. The first-order valence-electron chi connectivity index (χ1n) is 5.27. The van der Waals surface area contributed by atoms with Crippen LogP contribution in [0.25, 0.3) is 0 Å². The van der Waals surface area contributed by atoms with E-state index < -0.39 is 29.2 Å². The maximum atomic E-state index is 13.8. The molecular weight excluding hydrogens is 274 g/mol. The Bertz CT molecular complexity index is 443. The van der Waals surface area contributed by atoms with E-state index >= 15 is 0 Å². The highest BCUT2D eigenvalue weighted by atomic mass is 35.5. The molecule has 0 spiro atoms. The summed E-state index contributed by atoms with van der Waals surface area (Å²) in [4.78, 5) is 0. The summed E-state index contributed by atoms with van der Waals surface area (Å²) in [5.74, 6) is -1.05. The second-order valence-corrected chi connectivity index (χ2v) is 4.31. The second-order valence-electron chi connectivity index (χ2n) is 3.90. The van der Waals surface area contributed by atoms with Gasteiger partial charge in [0, 0.05) is 12.1 Å². The average Bonchev–Trinajstić information content (AvgIpc) is 2.32. The minimum absolute atomic E-state index is 0.0135. The lowest BCUT2D eigenvalue weighted by Gasteiger charge is -2.27. The van der Waals surface area contributed by atoms with Crippen LogP contribution in [0.5, 0.6) is 0 Å². The Hall–Kier alpha value is -0.850. The highest BCUT2D eigenvalue weighted by Gasteiger charge is 2.38. The lowest BCUT2D eigenvalue weighted by atomic mass is 9.99. The molecule has 0 aromatic heterocycles. The van der Waals surface area contributed by atoms with E-state index in [1.54, 1.807) is 0 Å². The molecule has 2 rings (SSSR count). The summed E-state index contributed by atoms with van der Waals surface area (Å²) in [6.07, 6.45) is -4.63. The molecule has 0 unspecified atom stereocenters. The van der Waals surface area contributed by atoms with Gasteiger partial charge in [-0.1, -0.05) is 11.6 Å². The maximum absolute atomic E-state index is 13.8. The van der Waals surface area contributed by atoms with E-state index in [1.165, 1.54) is 0 Å². The van der Waals surface area contributed by atoms with Crippen LogP contribution < -0.4 is 5.32 Å². The molecule has 0 aliphatic carbocycles. The highest BCUT2D eigenvalue weighted by molar-refractivity contribution is 6.30. The minimum Gasteiger partial charge on any atom is -0.378 e. The summed E-state index contributed by atoms with van der Waals surface area (Å²) in [7, 11) is 0. The number of ether oxygens (including phenoxy) is 1. The maximum Gasteiger partial charge on any atom is 0.416 e. The van der Waals surface area contributed by atoms with E-state index in [1.807, 2.05) is 0 Å².